The van der Waals surface area contributed by atoms with Crippen molar-refractivity contribution in [1.29, 1.82) is 0 Å². The van der Waals surface area contributed by atoms with Gasteiger partial charge < -0.3 is 0 Å². The van der Waals surface area contributed by atoms with Crippen LogP contribution in [0.25, 0.3) is 45.2 Å². The van der Waals surface area contributed by atoms with Crippen LogP contribution in [0.4, 0.5) is 25.2 Å². The van der Waals surface area contributed by atoms with E-state index in [2.05, 4.69) is 88.4 Å². The minimum atomic E-state index is -10.7. The van der Waals surface area contributed by atoms with Gasteiger partial charge in [0.25, 0.3) is 0 Å². The summed E-state index contributed by atoms with van der Waals surface area (Å²) in [5.41, 5.74) is 2.52. The van der Waals surface area contributed by atoms with Gasteiger partial charge in [-0.3, -0.25) is 9.59 Å². The average Bonchev–Trinajstić information content (AvgIpc) is 2.91. The summed E-state index contributed by atoms with van der Waals surface area (Å²) in [6.45, 7) is 8.61. The molecule has 2 aromatic heterocycles. The van der Waals surface area contributed by atoms with E-state index < -0.39 is 18.3 Å². The molecule has 0 spiro atoms. The normalized spacial score (nSPS) is 14.3. The van der Waals surface area contributed by atoms with Crippen molar-refractivity contribution < 1.29 is 25.2 Å². The zero-order valence-corrected chi connectivity index (χ0v) is 26.0. The van der Waals surface area contributed by atoms with Gasteiger partial charge in [0.1, 0.15) is 0 Å². The van der Waals surface area contributed by atoms with E-state index in [1.54, 1.807) is 11.3 Å². The van der Waals surface area contributed by atoms with Gasteiger partial charge >= 0.3 is 33.0 Å². The van der Waals surface area contributed by atoms with Crippen LogP contribution in [0, 0.1) is 0 Å². The summed E-state index contributed by atoms with van der Waals surface area (Å²) < 4.78 is 63.3. The van der Waals surface area contributed by atoms with Gasteiger partial charge in [0.15, 0.2) is 19.7 Å². The van der Waals surface area contributed by atoms with Crippen LogP contribution < -0.4 is 10.9 Å². The second-order valence-electron chi connectivity index (χ2n) is 11.0. The molecule has 4 aromatic carbocycles. The van der Waals surface area contributed by atoms with Gasteiger partial charge in [-0.25, -0.2) is 0 Å². The van der Waals surface area contributed by atoms with E-state index in [1.165, 1.54) is 11.1 Å². The zero-order chi connectivity index (χ0) is 31.5. The molecule has 43 heavy (non-hydrogen) atoms. The Hall–Kier alpha value is -3.33. The molecule has 6 rings (SSSR count). The van der Waals surface area contributed by atoms with Crippen LogP contribution in [0.3, 0.4) is 0 Å². The Morgan fingerprint density at radius 1 is 0.581 bits per heavy atom. The second kappa shape index (κ2) is 10.1. The van der Waals surface area contributed by atoms with E-state index in [1.807, 2.05) is 18.2 Å². The first-order chi connectivity index (χ1) is 19.8. The van der Waals surface area contributed by atoms with Gasteiger partial charge in [0.05, 0.1) is 10.8 Å². The minimum absolute atomic E-state index is 0.0865. The van der Waals surface area contributed by atoms with E-state index in [9.17, 15) is 34.8 Å². The van der Waals surface area contributed by atoms with E-state index >= 15 is 0 Å². The summed E-state index contributed by atoms with van der Waals surface area (Å²) in [7, 11) is -11.1. The second-order valence-corrected chi connectivity index (χ2v) is 16.0. The van der Waals surface area contributed by atoms with Gasteiger partial charge in [0, 0.05) is 36.7 Å². The van der Waals surface area contributed by atoms with Crippen molar-refractivity contribution in [2.75, 3.05) is 0 Å². The fourth-order valence-electron chi connectivity index (χ4n) is 4.95. The van der Waals surface area contributed by atoms with Crippen LogP contribution in [0.1, 0.15) is 50.7 Å². The molecule has 226 valence electrons. The fraction of sp³-hybridized carbons (Fsp3) is 0.188. The molecule has 6 aromatic rings. The molecule has 11 heteroatoms. The topological polar surface area (TPSA) is 34.1 Å². The SMILES string of the molecule is CC(C)c1ccc2sc3ccc(-[s+]4c5ccccc5c(=O)c5cc(C(C)C)ccc54)cc3c(=O)c2c1.F[P-](F)(F)(F)(F)F. The number of hydrogen-bond donors (Lipinski definition) is 0. The molecular formula is C32H27F6O2PS2. The molecule has 0 saturated heterocycles. The summed E-state index contributed by atoms with van der Waals surface area (Å²) in [6.07, 6.45) is 0. The first-order valence-corrected chi connectivity index (χ1v) is 17.4. The number of halogens is 6. The van der Waals surface area contributed by atoms with Crippen molar-refractivity contribution >= 4 is 70.0 Å². The van der Waals surface area contributed by atoms with Crippen LogP contribution in [0.5, 0.6) is 0 Å². The maximum atomic E-state index is 13.7. The molecule has 0 amide bonds. The molecule has 1 unspecified atom stereocenters. The first-order valence-electron chi connectivity index (χ1n) is 13.4. The Morgan fingerprint density at radius 2 is 1.05 bits per heavy atom. The van der Waals surface area contributed by atoms with E-state index in [0.717, 1.165) is 45.2 Å². The van der Waals surface area contributed by atoms with Crippen molar-refractivity contribution in [3.63, 3.8) is 0 Å². The van der Waals surface area contributed by atoms with Crippen LogP contribution in [0.15, 0.2) is 88.5 Å². The Bertz CT molecular complexity index is 2170. The van der Waals surface area contributed by atoms with Crippen molar-refractivity contribution in [2.24, 2.45) is 0 Å². The molecule has 2 nitrogen and oxygen atoms in total. The Labute approximate surface area is 249 Å². The Kier molecular flexibility index (Phi) is 7.31. The van der Waals surface area contributed by atoms with E-state index in [0.29, 0.717) is 11.8 Å². The molecule has 0 aliphatic carbocycles. The van der Waals surface area contributed by atoms with Crippen molar-refractivity contribution in [2.45, 2.75) is 39.5 Å². The molecule has 0 radical (unpaired) electrons. The average molecular weight is 653 g/mol. The number of fused-ring (bicyclic) bond motifs is 4. The zero-order valence-electron chi connectivity index (χ0n) is 23.5. The summed E-state index contributed by atoms with van der Waals surface area (Å²) in [4.78, 5) is 28.3. The van der Waals surface area contributed by atoms with Crippen molar-refractivity contribution in [1.82, 2.24) is 0 Å². The van der Waals surface area contributed by atoms with Crippen molar-refractivity contribution in [3.05, 3.63) is 110 Å². The standard InChI is InChI=1S/C32H27O2S2.F6P/c1-18(2)20-9-12-27-24(15-20)32(34)25-17-22(11-13-28(25)35-27)36-29-8-6-5-7-23(29)31(33)26-16-21(19(3)4)10-14-30(26)36;1-7(2,3,4,5)6/h5-19H,1-4H3;/q+1;-1. The number of hydrogen-bond acceptors (Lipinski definition) is 3. The van der Waals surface area contributed by atoms with E-state index in [4.69, 9.17) is 0 Å². The van der Waals surface area contributed by atoms with Gasteiger partial charge in [-0.05, 0) is 71.5 Å². The monoisotopic (exact) mass is 652 g/mol. The summed E-state index contributed by atoms with van der Waals surface area (Å²) in [5.74, 6) is 0.710. The molecule has 0 fully saturated rings. The van der Waals surface area contributed by atoms with Crippen LogP contribution >= 0.6 is 29.6 Å². The number of benzene rings is 4. The van der Waals surface area contributed by atoms with Gasteiger partial charge in [-0.2, -0.15) is 0 Å². The van der Waals surface area contributed by atoms with Crippen molar-refractivity contribution in [3.8, 4) is 4.90 Å². The maximum absolute atomic E-state index is 13.7. The van der Waals surface area contributed by atoms with Gasteiger partial charge in [-0.15, -0.1) is 11.3 Å². The molecular weight excluding hydrogens is 625 g/mol. The third-order valence-corrected chi connectivity index (χ3v) is 10.5. The third kappa shape index (κ3) is 6.92. The number of rotatable bonds is 3. The van der Waals surface area contributed by atoms with Crippen LogP contribution in [-0.2, 0) is 0 Å². The molecule has 0 N–H and O–H groups in total. The molecule has 0 aliphatic rings. The first kappa shape index (κ1) is 31.1. The molecule has 0 bridgehead atoms. The van der Waals surface area contributed by atoms with Gasteiger partial charge in [-0.1, -0.05) is 52.0 Å². The van der Waals surface area contributed by atoms with Crippen LogP contribution in [0.2, 0.25) is 0 Å². The molecule has 0 saturated carbocycles. The van der Waals surface area contributed by atoms with E-state index in [-0.39, 0.29) is 10.9 Å². The fourth-order valence-corrected chi connectivity index (χ4v) is 8.34. The molecule has 1 atom stereocenters. The Morgan fingerprint density at radius 3 is 1.65 bits per heavy atom. The molecule has 2 heterocycles. The van der Waals surface area contributed by atoms with Crippen LogP contribution in [-0.4, -0.2) is 0 Å². The van der Waals surface area contributed by atoms with Gasteiger partial charge in [0.2, 0.25) is 5.43 Å². The molecule has 0 aliphatic heterocycles. The third-order valence-electron chi connectivity index (χ3n) is 7.05. The quantitative estimate of drug-likeness (QED) is 0.0825. The Balaban J connectivity index is 0.000000472. The summed E-state index contributed by atoms with van der Waals surface area (Å²) in [5, 5.41) is 3.10. The predicted octanol–water partition coefficient (Wildman–Crippen LogP) is 12.4. The predicted molar refractivity (Wildman–Crippen MR) is 172 cm³/mol. The summed E-state index contributed by atoms with van der Waals surface area (Å²) in [6, 6.07) is 26.9. The summed E-state index contributed by atoms with van der Waals surface area (Å²) >= 11 is 1.67.